The lowest BCUT2D eigenvalue weighted by Gasteiger charge is -2.18. The number of amides is 2. The number of rotatable bonds is 4. The SMILES string of the molecule is CON(C)C(=O)c1cccc(C)c1NC(=O)c1ccccc1F. The number of halogens is 1. The molecule has 2 rings (SSSR count). The van der Waals surface area contributed by atoms with E-state index in [4.69, 9.17) is 4.84 Å². The number of aryl methyl sites for hydroxylation is 1. The molecule has 120 valence electrons. The maximum atomic E-state index is 13.7. The Balaban J connectivity index is 2.38. The van der Waals surface area contributed by atoms with Gasteiger partial charge in [0.05, 0.1) is 23.9 Å². The minimum atomic E-state index is -0.625. The van der Waals surface area contributed by atoms with Crippen molar-refractivity contribution in [2.45, 2.75) is 6.92 Å². The van der Waals surface area contributed by atoms with Crippen LogP contribution < -0.4 is 5.32 Å². The monoisotopic (exact) mass is 316 g/mol. The lowest BCUT2D eigenvalue weighted by molar-refractivity contribution is -0.0756. The summed E-state index contributed by atoms with van der Waals surface area (Å²) in [6.07, 6.45) is 0. The van der Waals surface area contributed by atoms with Crippen LogP contribution in [0.3, 0.4) is 0 Å². The molecule has 23 heavy (non-hydrogen) atoms. The van der Waals surface area contributed by atoms with Gasteiger partial charge in [-0.15, -0.1) is 0 Å². The fourth-order valence-electron chi connectivity index (χ4n) is 2.09. The third-order valence-corrected chi connectivity index (χ3v) is 3.42. The van der Waals surface area contributed by atoms with Crippen LogP contribution in [0, 0.1) is 12.7 Å². The summed E-state index contributed by atoms with van der Waals surface area (Å²) in [4.78, 5) is 29.5. The Morgan fingerprint density at radius 2 is 1.74 bits per heavy atom. The van der Waals surface area contributed by atoms with Gasteiger partial charge in [0, 0.05) is 7.05 Å². The summed E-state index contributed by atoms with van der Waals surface area (Å²) in [5.74, 6) is -1.66. The van der Waals surface area contributed by atoms with Gasteiger partial charge in [-0.3, -0.25) is 14.4 Å². The summed E-state index contributed by atoms with van der Waals surface area (Å²) in [5.41, 5.74) is 1.19. The lowest BCUT2D eigenvalue weighted by atomic mass is 10.1. The molecule has 2 aromatic rings. The van der Waals surface area contributed by atoms with E-state index < -0.39 is 17.6 Å². The van der Waals surface area contributed by atoms with Crippen molar-refractivity contribution in [3.63, 3.8) is 0 Å². The van der Waals surface area contributed by atoms with Gasteiger partial charge in [-0.25, -0.2) is 9.45 Å². The maximum absolute atomic E-state index is 13.7. The number of nitrogens with zero attached hydrogens (tertiary/aromatic N) is 1. The Bertz CT molecular complexity index is 746. The zero-order valence-corrected chi connectivity index (χ0v) is 13.1. The van der Waals surface area contributed by atoms with Gasteiger partial charge in [0.2, 0.25) is 0 Å². The van der Waals surface area contributed by atoms with Crippen LogP contribution in [0.5, 0.6) is 0 Å². The van der Waals surface area contributed by atoms with E-state index in [1.807, 2.05) is 0 Å². The second-order valence-electron chi connectivity index (χ2n) is 4.92. The van der Waals surface area contributed by atoms with Crippen LogP contribution in [0.1, 0.15) is 26.3 Å². The molecule has 0 unspecified atom stereocenters. The van der Waals surface area contributed by atoms with E-state index in [-0.39, 0.29) is 11.1 Å². The van der Waals surface area contributed by atoms with Gasteiger partial charge >= 0.3 is 0 Å². The number of para-hydroxylation sites is 1. The standard InChI is InChI=1S/C17H17FN2O3/c1-11-7-6-9-13(17(22)20(2)23-3)15(11)19-16(21)12-8-4-5-10-14(12)18/h4-10H,1-3H3,(H,19,21). The number of nitrogens with one attached hydrogen (secondary N) is 1. The molecule has 0 aliphatic heterocycles. The van der Waals surface area contributed by atoms with Crippen LogP contribution in [-0.2, 0) is 4.84 Å². The number of carbonyl (C=O) groups is 2. The molecule has 0 saturated heterocycles. The molecular weight excluding hydrogens is 299 g/mol. The number of carbonyl (C=O) groups excluding carboxylic acids is 2. The molecule has 0 aliphatic rings. The van der Waals surface area contributed by atoms with Crippen molar-refractivity contribution in [2.24, 2.45) is 0 Å². The first kappa shape index (κ1) is 16.6. The highest BCUT2D eigenvalue weighted by Crippen LogP contribution is 2.23. The lowest BCUT2D eigenvalue weighted by Crippen LogP contribution is -2.27. The van der Waals surface area contributed by atoms with Crippen LogP contribution >= 0.6 is 0 Å². The summed E-state index contributed by atoms with van der Waals surface area (Å²) in [6.45, 7) is 1.75. The number of benzene rings is 2. The minimum absolute atomic E-state index is 0.0887. The Labute approximate surface area is 133 Å². The van der Waals surface area contributed by atoms with Gasteiger partial charge in [0.1, 0.15) is 5.82 Å². The summed E-state index contributed by atoms with van der Waals surface area (Å²) in [5, 5.41) is 3.66. The van der Waals surface area contributed by atoms with Crippen molar-refractivity contribution >= 4 is 17.5 Å². The summed E-state index contributed by atoms with van der Waals surface area (Å²) < 4.78 is 13.7. The third kappa shape index (κ3) is 3.54. The topological polar surface area (TPSA) is 58.6 Å². The van der Waals surface area contributed by atoms with E-state index in [1.54, 1.807) is 31.2 Å². The van der Waals surface area contributed by atoms with E-state index in [0.29, 0.717) is 11.3 Å². The van der Waals surface area contributed by atoms with Gasteiger partial charge in [-0.05, 0) is 30.7 Å². The van der Waals surface area contributed by atoms with Gasteiger partial charge < -0.3 is 5.32 Å². The first-order chi connectivity index (χ1) is 11.0. The van der Waals surface area contributed by atoms with E-state index >= 15 is 0 Å². The number of anilines is 1. The first-order valence-electron chi connectivity index (χ1n) is 6.93. The fraction of sp³-hybridized carbons (Fsp3) is 0.176. The number of hydrogen-bond acceptors (Lipinski definition) is 3. The van der Waals surface area contributed by atoms with Gasteiger partial charge in [0.25, 0.3) is 11.8 Å². The molecule has 0 heterocycles. The minimum Gasteiger partial charge on any atom is -0.321 e. The summed E-state index contributed by atoms with van der Waals surface area (Å²) >= 11 is 0. The molecule has 2 amide bonds. The molecule has 0 fully saturated rings. The second-order valence-corrected chi connectivity index (χ2v) is 4.92. The third-order valence-electron chi connectivity index (χ3n) is 3.42. The zero-order chi connectivity index (χ0) is 17.0. The largest absolute Gasteiger partial charge is 0.321 e. The van der Waals surface area contributed by atoms with E-state index in [9.17, 15) is 14.0 Å². The summed E-state index contributed by atoms with van der Waals surface area (Å²) in [6, 6.07) is 10.7. The molecule has 2 aromatic carbocycles. The average molecular weight is 316 g/mol. The Kier molecular flexibility index (Phi) is 5.08. The quantitative estimate of drug-likeness (QED) is 0.882. The van der Waals surface area contributed by atoms with Crippen LogP contribution in [0.25, 0.3) is 0 Å². The number of hydroxylamine groups is 2. The molecule has 1 N–H and O–H groups in total. The smallest absolute Gasteiger partial charge is 0.279 e. The molecule has 0 spiro atoms. The number of hydrogen-bond donors (Lipinski definition) is 1. The molecule has 0 aliphatic carbocycles. The highest BCUT2D eigenvalue weighted by molar-refractivity contribution is 6.09. The van der Waals surface area contributed by atoms with Crippen LogP contribution in [0.15, 0.2) is 42.5 Å². The van der Waals surface area contributed by atoms with Crippen molar-refractivity contribution in [2.75, 3.05) is 19.5 Å². The van der Waals surface area contributed by atoms with E-state index in [2.05, 4.69) is 5.32 Å². The normalized spacial score (nSPS) is 10.3. The predicted molar refractivity (Wildman–Crippen MR) is 84.6 cm³/mol. The van der Waals surface area contributed by atoms with Crippen molar-refractivity contribution < 1.29 is 18.8 Å². The zero-order valence-electron chi connectivity index (χ0n) is 13.1. The van der Waals surface area contributed by atoms with Crippen LogP contribution in [-0.4, -0.2) is 31.0 Å². The highest BCUT2D eigenvalue weighted by Gasteiger charge is 2.20. The molecule has 0 radical (unpaired) electrons. The van der Waals surface area contributed by atoms with Gasteiger partial charge in [-0.2, -0.15) is 0 Å². The Morgan fingerprint density at radius 1 is 1.09 bits per heavy atom. The average Bonchev–Trinajstić information content (AvgIpc) is 2.55. The van der Waals surface area contributed by atoms with Crippen molar-refractivity contribution in [1.29, 1.82) is 0 Å². The molecule has 5 nitrogen and oxygen atoms in total. The summed E-state index contributed by atoms with van der Waals surface area (Å²) in [7, 11) is 2.83. The highest BCUT2D eigenvalue weighted by atomic mass is 19.1. The predicted octanol–water partition coefficient (Wildman–Crippen LogP) is 3.02. The Hall–Kier alpha value is -2.73. The first-order valence-corrected chi connectivity index (χ1v) is 6.93. The molecule has 0 bridgehead atoms. The van der Waals surface area contributed by atoms with Crippen molar-refractivity contribution in [1.82, 2.24) is 5.06 Å². The maximum Gasteiger partial charge on any atom is 0.279 e. The Morgan fingerprint density at radius 3 is 2.39 bits per heavy atom. The van der Waals surface area contributed by atoms with Gasteiger partial charge in [-0.1, -0.05) is 24.3 Å². The van der Waals surface area contributed by atoms with E-state index in [1.165, 1.54) is 32.4 Å². The molecule has 0 atom stereocenters. The molecule has 0 aromatic heterocycles. The van der Waals surface area contributed by atoms with Crippen molar-refractivity contribution in [3.05, 3.63) is 65.0 Å². The molecular formula is C17H17FN2O3. The second kappa shape index (κ2) is 7.02. The van der Waals surface area contributed by atoms with Crippen molar-refractivity contribution in [3.8, 4) is 0 Å². The molecule has 6 heteroatoms. The van der Waals surface area contributed by atoms with Gasteiger partial charge in [0.15, 0.2) is 0 Å². The molecule has 0 saturated carbocycles. The van der Waals surface area contributed by atoms with E-state index in [0.717, 1.165) is 5.06 Å². The fourth-order valence-corrected chi connectivity index (χ4v) is 2.09. The van der Waals surface area contributed by atoms with Crippen LogP contribution in [0.2, 0.25) is 0 Å². The van der Waals surface area contributed by atoms with Crippen LogP contribution in [0.4, 0.5) is 10.1 Å².